The van der Waals surface area contributed by atoms with Crippen LogP contribution in [0.4, 0.5) is 5.69 Å². The molecule has 2 heterocycles. The number of ether oxygens (including phenoxy) is 1. The Morgan fingerprint density at radius 1 is 1.06 bits per heavy atom. The minimum Gasteiger partial charge on any atom is -0.464 e. The molecule has 2 aromatic heterocycles. The molecular formula is C25H26N4O2. The van der Waals surface area contributed by atoms with Crippen LogP contribution in [0.25, 0.3) is 22.2 Å². The normalized spacial score (nSPS) is 12.0. The molecular weight excluding hydrogens is 388 g/mol. The third-order valence-electron chi connectivity index (χ3n) is 5.34. The SMILES string of the molecule is Cc1ccc(NC(=O)[C@@H](C)Oc2cc(-c3ccccc3)c3c(C)nn(C)c3n2)c(C)c1. The second kappa shape index (κ2) is 8.22. The molecule has 0 aliphatic rings. The predicted molar refractivity (Wildman–Crippen MR) is 123 cm³/mol. The van der Waals surface area contributed by atoms with Gasteiger partial charge in [-0.2, -0.15) is 10.1 Å². The lowest BCUT2D eigenvalue weighted by Crippen LogP contribution is -2.30. The van der Waals surface area contributed by atoms with Crippen molar-refractivity contribution < 1.29 is 9.53 Å². The molecule has 6 heteroatoms. The first-order valence-corrected chi connectivity index (χ1v) is 10.3. The van der Waals surface area contributed by atoms with Crippen LogP contribution in [0.2, 0.25) is 0 Å². The van der Waals surface area contributed by atoms with E-state index in [0.717, 1.165) is 44.7 Å². The number of pyridine rings is 1. The van der Waals surface area contributed by atoms with E-state index in [1.54, 1.807) is 11.6 Å². The molecule has 158 valence electrons. The zero-order chi connectivity index (χ0) is 22.1. The fourth-order valence-corrected chi connectivity index (χ4v) is 3.75. The first-order valence-electron chi connectivity index (χ1n) is 10.3. The van der Waals surface area contributed by atoms with Crippen LogP contribution in [-0.2, 0) is 11.8 Å². The van der Waals surface area contributed by atoms with E-state index in [0.29, 0.717) is 5.88 Å². The maximum Gasteiger partial charge on any atom is 0.265 e. The number of benzene rings is 2. The van der Waals surface area contributed by atoms with Crippen molar-refractivity contribution in [3.63, 3.8) is 0 Å². The van der Waals surface area contributed by atoms with Crippen LogP contribution >= 0.6 is 0 Å². The van der Waals surface area contributed by atoms with Gasteiger partial charge in [0, 0.05) is 18.8 Å². The third-order valence-corrected chi connectivity index (χ3v) is 5.34. The van der Waals surface area contributed by atoms with E-state index in [2.05, 4.69) is 15.4 Å². The average Bonchev–Trinajstić information content (AvgIpc) is 3.03. The standard InChI is InChI=1S/C25H26N4O2/c1-15-11-12-21(16(2)13-15)26-25(30)18(4)31-22-14-20(19-9-7-6-8-10-19)23-17(3)28-29(5)24(23)27-22/h6-14,18H,1-5H3,(H,26,30)/t18-/m1/s1. The van der Waals surface area contributed by atoms with Crippen molar-refractivity contribution in [1.29, 1.82) is 0 Å². The van der Waals surface area contributed by atoms with Gasteiger partial charge in [-0.1, -0.05) is 48.0 Å². The van der Waals surface area contributed by atoms with Gasteiger partial charge in [0.05, 0.1) is 11.1 Å². The van der Waals surface area contributed by atoms with Crippen LogP contribution in [0, 0.1) is 20.8 Å². The van der Waals surface area contributed by atoms with Crippen LogP contribution < -0.4 is 10.1 Å². The Bertz CT molecular complexity index is 1260. The Morgan fingerprint density at radius 3 is 2.52 bits per heavy atom. The van der Waals surface area contributed by atoms with Crippen molar-refractivity contribution in [2.24, 2.45) is 7.05 Å². The highest BCUT2D eigenvalue weighted by molar-refractivity contribution is 5.96. The highest BCUT2D eigenvalue weighted by Gasteiger charge is 2.20. The molecule has 4 aromatic rings. The molecule has 4 rings (SSSR count). The van der Waals surface area contributed by atoms with Crippen LogP contribution in [0.15, 0.2) is 54.6 Å². The minimum absolute atomic E-state index is 0.226. The number of rotatable bonds is 5. The number of amides is 1. The summed E-state index contributed by atoms with van der Waals surface area (Å²) in [6.45, 7) is 7.69. The second-order valence-corrected chi connectivity index (χ2v) is 7.85. The molecule has 0 aliphatic heterocycles. The molecule has 0 saturated carbocycles. The first-order chi connectivity index (χ1) is 14.8. The smallest absolute Gasteiger partial charge is 0.265 e. The quantitative estimate of drug-likeness (QED) is 0.501. The number of hydrogen-bond acceptors (Lipinski definition) is 4. The van der Waals surface area contributed by atoms with E-state index in [1.165, 1.54) is 0 Å². The molecule has 0 saturated heterocycles. The van der Waals surface area contributed by atoms with Gasteiger partial charge in [-0.15, -0.1) is 0 Å². The number of nitrogens with zero attached hydrogens (tertiary/aromatic N) is 3. The van der Waals surface area contributed by atoms with E-state index in [4.69, 9.17) is 4.74 Å². The van der Waals surface area contributed by atoms with Gasteiger partial charge in [-0.05, 0) is 50.5 Å². The molecule has 31 heavy (non-hydrogen) atoms. The third kappa shape index (κ3) is 4.14. The lowest BCUT2D eigenvalue weighted by atomic mass is 10.0. The number of anilines is 1. The molecule has 2 aromatic carbocycles. The zero-order valence-corrected chi connectivity index (χ0v) is 18.4. The van der Waals surface area contributed by atoms with Crippen molar-refractivity contribution in [2.75, 3.05) is 5.32 Å². The molecule has 0 spiro atoms. The summed E-state index contributed by atoms with van der Waals surface area (Å²) in [6, 6.07) is 17.9. The van der Waals surface area contributed by atoms with E-state index >= 15 is 0 Å². The summed E-state index contributed by atoms with van der Waals surface area (Å²) in [5.74, 6) is 0.161. The van der Waals surface area contributed by atoms with Crippen molar-refractivity contribution in [1.82, 2.24) is 14.8 Å². The summed E-state index contributed by atoms with van der Waals surface area (Å²) in [7, 11) is 1.86. The van der Waals surface area contributed by atoms with Crippen LogP contribution in [0.1, 0.15) is 23.7 Å². The topological polar surface area (TPSA) is 69.0 Å². The number of aromatic nitrogens is 3. The molecule has 0 aliphatic carbocycles. The van der Waals surface area contributed by atoms with E-state index < -0.39 is 6.10 Å². The molecule has 0 bridgehead atoms. The summed E-state index contributed by atoms with van der Waals surface area (Å²) in [5, 5.41) is 8.45. The Kier molecular flexibility index (Phi) is 5.46. The van der Waals surface area contributed by atoms with Gasteiger partial charge in [0.15, 0.2) is 11.8 Å². The van der Waals surface area contributed by atoms with Crippen LogP contribution in [0.5, 0.6) is 5.88 Å². The fourth-order valence-electron chi connectivity index (χ4n) is 3.75. The highest BCUT2D eigenvalue weighted by atomic mass is 16.5. The molecule has 0 unspecified atom stereocenters. The molecule has 1 amide bonds. The van der Waals surface area contributed by atoms with Gasteiger partial charge in [-0.25, -0.2) is 0 Å². The van der Waals surface area contributed by atoms with Crippen molar-refractivity contribution in [2.45, 2.75) is 33.8 Å². The first kappa shape index (κ1) is 20.6. The maximum absolute atomic E-state index is 12.8. The number of aryl methyl sites for hydroxylation is 4. The van der Waals surface area contributed by atoms with Gasteiger partial charge in [0.25, 0.3) is 5.91 Å². The summed E-state index contributed by atoms with van der Waals surface area (Å²) in [4.78, 5) is 17.4. The Morgan fingerprint density at radius 2 is 1.81 bits per heavy atom. The monoisotopic (exact) mass is 414 g/mol. The number of carbonyl (C=O) groups is 1. The number of hydrogen-bond donors (Lipinski definition) is 1. The van der Waals surface area contributed by atoms with Gasteiger partial charge in [0.2, 0.25) is 5.88 Å². The average molecular weight is 415 g/mol. The molecule has 6 nitrogen and oxygen atoms in total. The van der Waals surface area contributed by atoms with Crippen molar-refractivity contribution >= 4 is 22.6 Å². The van der Waals surface area contributed by atoms with Gasteiger partial charge in [0.1, 0.15) is 0 Å². The van der Waals surface area contributed by atoms with E-state index in [1.807, 2.05) is 82.4 Å². The number of fused-ring (bicyclic) bond motifs is 1. The van der Waals surface area contributed by atoms with Crippen molar-refractivity contribution in [3.8, 4) is 17.0 Å². The number of carbonyl (C=O) groups excluding carboxylic acids is 1. The number of nitrogens with one attached hydrogen (secondary N) is 1. The highest BCUT2D eigenvalue weighted by Crippen LogP contribution is 2.33. The minimum atomic E-state index is -0.719. The summed E-state index contributed by atoms with van der Waals surface area (Å²) in [5.41, 5.74) is 6.58. The molecule has 0 fully saturated rings. The van der Waals surface area contributed by atoms with Gasteiger partial charge >= 0.3 is 0 Å². The Balaban J connectivity index is 1.65. The van der Waals surface area contributed by atoms with Gasteiger partial charge in [-0.3, -0.25) is 9.48 Å². The lowest BCUT2D eigenvalue weighted by molar-refractivity contribution is -0.122. The summed E-state index contributed by atoms with van der Waals surface area (Å²) in [6.07, 6.45) is -0.719. The fraction of sp³-hybridized carbons (Fsp3) is 0.240. The molecule has 1 atom stereocenters. The predicted octanol–water partition coefficient (Wildman–Crippen LogP) is 4.97. The Labute approximate surface area is 181 Å². The lowest BCUT2D eigenvalue weighted by Gasteiger charge is -2.16. The second-order valence-electron chi connectivity index (χ2n) is 7.85. The van der Waals surface area contributed by atoms with Crippen LogP contribution in [0.3, 0.4) is 0 Å². The van der Waals surface area contributed by atoms with Crippen molar-refractivity contribution in [3.05, 3.63) is 71.4 Å². The largest absolute Gasteiger partial charge is 0.464 e. The van der Waals surface area contributed by atoms with E-state index in [9.17, 15) is 4.79 Å². The summed E-state index contributed by atoms with van der Waals surface area (Å²) >= 11 is 0. The summed E-state index contributed by atoms with van der Waals surface area (Å²) < 4.78 is 7.72. The van der Waals surface area contributed by atoms with E-state index in [-0.39, 0.29) is 5.91 Å². The zero-order valence-electron chi connectivity index (χ0n) is 18.4. The Hall–Kier alpha value is -3.67. The van der Waals surface area contributed by atoms with Crippen LogP contribution in [-0.4, -0.2) is 26.8 Å². The molecule has 1 N–H and O–H groups in total. The van der Waals surface area contributed by atoms with Gasteiger partial charge < -0.3 is 10.1 Å². The molecule has 0 radical (unpaired) electrons. The maximum atomic E-state index is 12.8.